The number of halogens is 1. The number of carbonyl (C=O) groups excluding carboxylic acids is 1. The van der Waals surface area contributed by atoms with E-state index in [9.17, 15) is 14.3 Å². The van der Waals surface area contributed by atoms with Gasteiger partial charge in [-0.1, -0.05) is 6.07 Å². The van der Waals surface area contributed by atoms with Gasteiger partial charge in [-0.05, 0) is 55.9 Å². The third-order valence-corrected chi connectivity index (χ3v) is 8.60. The van der Waals surface area contributed by atoms with E-state index in [0.29, 0.717) is 38.5 Å². The number of aliphatic hydroxyl groups excluding tert-OH is 1. The number of amides is 1. The number of imidazole rings is 1. The van der Waals surface area contributed by atoms with Gasteiger partial charge in [0.2, 0.25) is 5.95 Å². The van der Waals surface area contributed by atoms with E-state index in [1.165, 1.54) is 11.8 Å². The van der Waals surface area contributed by atoms with Gasteiger partial charge in [0.15, 0.2) is 11.6 Å². The molecule has 1 spiro atoms. The molecule has 1 saturated heterocycles. The summed E-state index contributed by atoms with van der Waals surface area (Å²) in [4.78, 5) is 27.1. The molecule has 40 heavy (non-hydrogen) atoms. The molecule has 2 aliphatic heterocycles. The smallest absolute Gasteiger partial charge is 0.254 e. The number of hydrogen-bond acceptors (Lipinski definition) is 7. The zero-order valence-corrected chi connectivity index (χ0v) is 23.4. The van der Waals surface area contributed by atoms with Crippen LogP contribution in [0.3, 0.4) is 0 Å². The molecule has 1 unspecified atom stereocenters. The van der Waals surface area contributed by atoms with Crippen molar-refractivity contribution in [3.8, 4) is 5.75 Å². The van der Waals surface area contributed by atoms with Crippen molar-refractivity contribution in [1.29, 1.82) is 0 Å². The predicted octanol–water partition coefficient (Wildman–Crippen LogP) is 3.72. The summed E-state index contributed by atoms with van der Waals surface area (Å²) >= 11 is 0. The van der Waals surface area contributed by atoms with E-state index in [-0.39, 0.29) is 29.2 Å². The molecule has 1 aliphatic carbocycles. The third-order valence-electron chi connectivity index (χ3n) is 8.60. The number of nitrogens with one attached hydrogen (secondary N) is 1. The van der Waals surface area contributed by atoms with Crippen molar-refractivity contribution in [2.24, 2.45) is 0 Å². The van der Waals surface area contributed by atoms with E-state index in [4.69, 9.17) is 4.74 Å². The average Bonchev–Trinajstić information content (AvgIpc) is 3.35. The zero-order valence-electron chi connectivity index (χ0n) is 23.4. The number of nitrogens with zero attached hydrogens (tertiary/aromatic N) is 5. The van der Waals surface area contributed by atoms with Crippen molar-refractivity contribution < 1.29 is 19.0 Å². The highest BCUT2D eigenvalue weighted by Crippen LogP contribution is 2.55. The molecule has 9 nitrogen and oxygen atoms in total. The molecule has 1 amide bonds. The number of pyridine rings is 1. The molecular weight excluding hydrogens is 511 g/mol. The van der Waals surface area contributed by atoms with E-state index in [0.717, 1.165) is 48.4 Å². The standard InChI is InChI=1S/C30H37FN6O3/c1-4-40-26-13-25(34-14-24(26)31)19(2)37-18-30(6-7-30)27-21(16-35-9-5-22(38)17-35)11-20(12-23(27)28(37)39)15-36-10-8-33-29(36)32-3/h8,10-14,19,22,38H,4-7,9,15-18H2,1-3H3,(H,32,33)/t19?,22-/m1/s1. The molecule has 0 radical (unpaired) electrons. The first-order valence-corrected chi connectivity index (χ1v) is 14.2. The second-order valence-electron chi connectivity index (χ2n) is 11.3. The number of hydrogen-bond donors (Lipinski definition) is 2. The lowest BCUT2D eigenvalue weighted by Gasteiger charge is -2.40. The number of carbonyl (C=O) groups is 1. The van der Waals surface area contributed by atoms with Crippen LogP contribution in [0.1, 0.15) is 71.9 Å². The molecule has 2 fully saturated rings. The van der Waals surface area contributed by atoms with Crippen LogP contribution in [0, 0.1) is 5.82 Å². The van der Waals surface area contributed by atoms with Gasteiger partial charge in [0.1, 0.15) is 0 Å². The highest BCUT2D eigenvalue weighted by Gasteiger charge is 2.53. The Morgan fingerprint density at radius 1 is 1.25 bits per heavy atom. The van der Waals surface area contributed by atoms with Gasteiger partial charge in [0.05, 0.1) is 37.2 Å². The second kappa shape index (κ2) is 10.5. The van der Waals surface area contributed by atoms with E-state index < -0.39 is 5.82 Å². The topological polar surface area (TPSA) is 95.7 Å². The largest absolute Gasteiger partial charge is 0.491 e. The Morgan fingerprint density at radius 2 is 2.08 bits per heavy atom. The maximum Gasteiger partial charge on any atom is 0.254 e. The molecule has 1 aromatic carbocycles. The maximum atomic E-state index is 14.3. The number of rotatable bonds is 9. The first-order valence-electron chi connectivity index (χ1n) is 14.2. The molecule has 2 aromatic heterocycles. The molecule has 0 bridgehead atoms. The molecular formula is C30H37FN6O3. The predicted molar refractivity (Wildman–Crippen MR) is 149 cm³/mol. The highest BCUT2D eigenvalue weighted by atomic mass is 19.1. The Hall–Kier alpha value is -3.50. The molecule has 4 heterocycles. The van der Waals surface area contributed by atoms with Crippen LogP contribution in [-0.2, 0) is 18.5 Å². The van der Waals surface area contributed by atoms with Crippen molar-refractivity contribution in [3.05, 3.63) is 70.6 Å². The van der Waals surface area contributed by atoms with Gasteiger partial charge in [0, 0.05) is 62.7 Å². The first kappa shape index (κ1) is 26.7. The molecule has 2 atom stereocenters. The van der Waals surface area contributed by atoms with Crippen LogP contribution in [0.2, 0.25) is 0 Å². The Morgan fingerprint density at radius 3 is 2.77 bits per heavy atom. The van der Waals surface area contributed by atoms with E-state index in [1.807, 2.05) is 42.6 Å². The summed E-state index contributed by atoms with van der Waals surface area (Å²) in [5.41, 5.74) is 4.60. The van der Waals surface area contributed by atoms with E-state index in [1.54, 1.807) is 12.3 Å². The third kappa shape index (κ3) is 4.83. The van der Waals surface area contributed by atoms with Crippen LogP contribution >= 0.6 is 0 Å². The quantitative estimate of drug-likeness (QED) is 0.421. The number of β-amino-alcohol motifs (C(OH)–C–C–N with tert-alkyl or cyclic N) is 1. The van der Waals surface area contributed by atoms with Gasteiger partial charge in [-0.2, -0.15) is 0 Å². The summed E-state index contributed by atoms with van der Waals surface area (Å²) in [5, 5.41) is 13.3. The van der Waals surface area contributed by atoms with Gasteiger partial charge in [-0.3, -0.25) is 14.7 Å². The molecule has 10 heteroatoms. The molecule has 2 N–H and O–H groups in total. The van der Waals surface area contributed by atoms with Crippen LogP contribution < -0.4 is 10.1 Å². The number of aliphatic hydroxyl groups is 1. The normalized spacial score (nSPS) is 20.6. The summed E-state index contributed by atoms with van der Waals surface area (Å²) in [6, 6.07) is 5.56. The lowest BCUT2D eigenvalue weighted by atomic mass is 9.81. The second-order valence-corrected chi connectivity index (χ2v) is 11.3. The van der Waals surface area contributed by atoms with Crippen LogP contribution in [-0.4, -0.2) is 74.7 Å². The lowest BCUT2D eigenvalue weighted by molar-refractivity contribution is 0.0632. The SMILES string of the molecule is CCOc1cc(C(C)N2CC3(CC3)c3c(CN4CC[C@@H](O)C4)cc(Cn4ccnc4NC)cc3C2=O)ncc1F. The molecule has 1 saturated carbocycles. The van der Waals surface area contributed by atoms with Crippen molar-refractivity contribution in [2.75, 3.05) is 38.6 Å². The fraction of sp³-hybridized carbons (Fsp3) is 0.500. The minimum Gasteiger partial charge on any atom is -0.491 e. The number of aromatic nitrogens is 3. The van der Waals surface area contributed by atoms with E-state index in [2.05, 4.69) is 26.3 Å². The number of benzene rings is 1. The van der Waals surface area contributed by atoms with Gasteiger partial charge < -0.3 is 24.6 Å². The fourth-order valence-electron chi connectivity index (χ4n) is 6.43. The minimum absolute atomic E-state index is 0.0341. The van der Waals surface area contributed by atoms with Crippen molar-refractivity contribution in [1.82, 2.24) is 24.3 Å². The highest BCUT2D eigenvalue weighted by molar-refractivity contribution is 5.98. The zero-order chi connectivity index (χ0) is 28.0. The van der Waals surface area contributed by atoms with Crippen molar-refractivity contribution in [3.63, 3.8) is 0 Å². The van der Waals surface area contributed by atoms with Gasteiger partial charge in [-0.25, -0.2) is 9.37 Å². The summed E-state index contributed by atoms with van der Waals surface area (Å²) in [6.45, 7) is 7.48. The average molecular weight is 549 g/mol. The first-order chi connectivity index (χ1) is 19.3. The summed E-state index contributed by atoms with van der Waals surface area (Å²) < 4.78 is 21.8. The maximum absolute atomic E-state index is 14.3. The van der Waals surface area contributed by atoms with Gasteiger partial charge >= 0.3 is 0 Å². The lowest BCUT2D eigenvalue weighted by Crippen LogP contribution is -2.45. The van der Waals surface area contributed by atoms with Crippen LogP contribution in [0.5, 0.6) is 5.75 Å². The molecule has 3 aromatic rings. The Balaban J connectivity index is 1.39. The van der Waals surface area contributed by atoms with Crippen LogP contribution in [0.4, 0.5) is 10.3 Å². The fourth-order valence-corrected chi connectivity index (χ4v) is 6.43. The molecule has 3 aliphatic rings. The Labute approximate surface area is 234 Å². The van der Waals surface area contributed by atoms with Crippen molar-refractivity contribution in [2.45, 2.75) is 63.8 Å². The Bertz CT molecular complexity index is 1420. The summed E-state index contributed by atoms with van der Waals surface area (Å²) in [7, 11) is 1.84. The molecule has 6 rings (SSSR count). The Kier molecular flexibility index (Phi) is 7.00. The van der Waals surface area contributed by atoms with Crippen LogP contribution in [0.25, 0.3) is 0 Å². The number of likely N-dealkylation sites (tertiary alicyclic amines) is 1. The number of anilines is 1. The van der Waals surface area contributed by atoms with Crippen molar-refractivity contribution >= 4 is 11.9 Å². The molecule has 212 valence electrons. The minimum atomic E-state index is -0.506. The monoisotopic (exact) mass is 548 g/mol. The van der Waals surface area contributed by atoms with Gasteiger partial charge in [0.25, 0.3) is 5.91 Å². The summed E-state index contributed by atoms with van der Waals surface area (Å²) in [5.74, 6) is 0.375. The van der Waals surface area contributed by atoms with Gasteiger partial charge in [-0.15, -0.1) is 0 Å². The van der Waals surface area contributed by atoms with E-state index >= 15 is 0 Å². The number of ether oxygens (including phenoxy) is 1. The number of fused-ring (bicyclic) bond motifs is 2. The summed E-state index contributed by atoms with van der Waals surface area (Å²) in [6.07, 6.45) is 7.35. The van der Waals surface area contributed by atoms with Crippen LogP contribution in [0.15, 0.2) is 36.8 Å².